The van der Waals surface area contributed by atoms with Crippen LogP contribution in [0.25, 0.3) is 0 Å². The van der Waals surface area contributed by atoms with Crippen LogP contribution in [-0.4, -0.2) is 16.6 Å². The second kappa shape index (κ2) is 14.0. The number of rotatable bonds is 8. The van der Waals surface area contributed by atoms with Gasteiger partial charge >= 0.3 is 0 Å². The van der Waals surface area contributed by atoms with Crippen LogP contribution in [-0.2, 0) is 0 Å². The normalized spacial score (nSPS) is 14.0. The van der Waals surface area contributed by atoms with Crippen LogP contribution in [0.2, 0.25) is 36.3 Å². The molecule has 0 fully saturated rings. The van der Waals surface area contributed by atoms with Crippen molar-refractivity contribution >= 4 is 16.6 Å². The van der Waals surface area contributed by atoms with Crippen molar-refractivity contribution in [2.24, 2.45) is 0 Å². The van der Waals surface area contributed by atoms with Crippen LogP contribution in [0.5, 0.6) is 11.5 Å². The molecule has 0 bridgehead atoms. The van der Waals surface area contributed by atoms with Crippen molar-refractivity contribution < 1.29 is 8.85 Å². The first-order valence-corrected chi connectivity index (χ1v) is 19.7. The van der Waals surface area contributed by atoms with E-state index in [9.17, 15) is 0 Å². The molecule has 0 aliphatic heterocycles. The monoisotopic (exact) mass is 544 g/mol. The molecular formula is C33H60O2Si2. The molecule has 0 amide bonds. The van der Waals surface area contributed by atoms with Gasteiger partial charge in [-0.05, 0) is 96.3 Å². The summed E-state index contributed by atoms with van der Waals surface area (Å²) < 4.78 is 12.5. The maximum absolute atomic E-state index is 6.27. The Bertz CT molecular complexity index is 824. The van der Waals surface area contributed by atoms with Gasteiger partial charge in [0.15, 0.2) is 0 Å². The van der Waals surface area contributed by atoms with E-state index in [-0.39, 0.29) is 17.5 Å². The number of benzene rings is 2. The smallest absolute Gasteiger partial charge is 0.250 e. The van der Waals surface area contributed by atoms with Crippen LogP contribution in [0, 0.1) is 0 Å². The highest BCUT2D eigenvalue weighted by Crippen LogP contribution is 2.38. The number of hydrogen-bond donors (Lipinski definition) is 0. The van der Waals surface area contributed by atoms with E-state index in [2.05, 4.69) is 144 Å². The molecule has 0 saturated carbocycles. The lowest BCUT2D eigenvalue weighted by Crippen LogP contribution is -2.43. The quantitative estimate of drug-likeness (QED) is 0.308. The molecular weight excluding hydrogens is 485 g/mol. The molecule has 2 unspecified atom stereocenters. The summed E-state index contributed by atoms with van der Waals surface area (Å²) in [6.07, 6.45) is 2.37. The third kappa shape index (κ3) is 10.6. The summed E-state index contributed by atoms with van der Waals surface area (Å²) in [6.45, 7) is 31.8. The molecule has 0 heterocycles. The molecule has 0 aliphatic carbocycles. The first-order chi connectivity index (χ1) is 16.3. The van der Waals surface area contributed by atoms with E-state index in [1.807, 2.05) is 0 Å². The number of hydrogen-bond acceptors (Lipinski definition) is 2. The zero-order valence-corrected chi connectivity index (χ0v) is 28.0. The largest absolute Gasteiger partial charge is 0.544 e. The fraction of sp³-hybridized carbons (Fsp3) is 0.636. The van der Waals surface area contributed by atoms with Crippen LogP contribution < -0.4 is 8.85 Å². The molecule has 0 radical (unpaired) electrons. The molecule has 0 N–H and O–H groups in total. The molecule has 212 valence electrons. The van der Waals surface area contributed by atoms with Crippen LogP contribution in [0.1, 0.15) is 112 Å². The van der Waals surface area contributed by atoms with Crippen LogP contribution in [0.4, 0.5) is 0 Å². The van der Waals surface area contributed by atoms with Gasteiger partial charge in [-0.3, -0.25) is 0 Å². The third-order valence-electron chi connectivity index (χ3n) is 8.48. The maximum Gasteiger partial charge on any atom is 0.250 e. The first kappa shape index (κ1) is 35.5. The predicted octanol–water partition coefficient (Wildman–Crippen LogP) is 11.8. The van der Waals surface area contributed by atoms with Gasteiger partial charge in [-0.2, -0.15) is 0 Å². The SMILES string of the molecule is C.CCC(C)c1ccc(O[Si](C)(C)C(C)(C)C)cc1.CCC(C)c1ccc(O[Si](C)(C)C(C)(C)C)cc1. The van der Waals surface area contributed by atoms with Gasteiger partial charge in [0, 0.05) is 0 Å². The van der Waals surface area contributed by atoms with Crippen LogP contribution >= 0.6 is 0 Å². The van der Waals surface area contributed by atoms with E-state index in [0.717, 1.165) is 11.5 Å². The zero-order valence-electron chi connectivity index (χ0n) is 26.0. The molecule has 2 aromatic carbocycles. The minimum absolute atomic E-state index is 0. The zero-order chi connectivity index (χ0) is 27.9. The Kier molecular flexibility index (Phi) is 13.4. The van der Waals surface area contributed by atoms with Crippen LogP contribution in [0.15, 0.2) is 48.5 Å². The molecule has 0 aliphatic rings. The van der Waals surface area contributed by atoms with Gasteiger partial charge in [-0.1, -0.05) is 101 Å². The van der Waals surface area contributed by atoms with Gasteiger partial charge in [0.25, 0.3) is 0 Å². The van der Waals surface area contributed by atoms with Gasteiger partial charge in [-0.25, -0.2) is 0 Å². The molecule has 37 heavy (non-hydrogen) atoms. The molecule has 0 saturated heterocycles. The van der Waals surface area contributed by atoms with E-state index in [4.69, 9.17) is 8.85 Å². The molecule has 2 atom stereocenters. The highest BCUT2D eigenvalue weighted by Gasteiger charge is 2.39. The van der Waals surface area contributed by atoms with Crippen molar-refractivity contribution in [1.82, 2.24) is 0 Å². The van der Waals surface area contributed by atoms with E-state index in [1.54, 1.807) is 0 Å². The average Bonchev–Trinajstić information content (AvgIpc) is 2.77. The second-order valence-corrected chi connectivity index (χ2v) is 22.9. The Morgan fingerprint density at radius 2 is 0.811 bits per heavy atom. The molecule has 2 rings (SSSR count). The van der Waals surface area contributed by atoms with E-state index < -0.39 is 16.6 Å². The summed E-state index contributed by atoms with van der Waals surface area (Å²) in [5.74, 6) is 3.31. The van der Waals surface area contributed by atoms with E-state index in [0.29, 0.717) is 11.8 Å². The maximum atomic E-state index is 6.27. The summed E-state index contributed by atoms with van der Waals surface area (Å²) >= 11 is 0. The van der Waals surface area contributed by atoms with Crippen molar-refractivity contribution in [2.45, 2.75) is 138 Å². The third-order valence-corrected chi connectivity index (χ3v) is 17.2. The Labute approximate surface area is 233 Å². The van der Waals surface area contributed by atoms with E-state index in [1.165, 1.54) is 24.0 Å². The Hall–Kier alpha value is -1.53. The van der Waals surface area contributed by atoms with Crippen molar-refractivity contribution in [3.63, 3.8) is 0 Å². The lowest BCUT2D eigenvalue weighted by atomic mass is 9.99. The average molecular weight is 545 g/mol. The van der Waals surface area contributed by atoms with Crippen molar-refractivity contribution in [2.75, 3.05) is 0 Å². The second-order valence-electron chi connectivity index (χ2n) is 13.5. The Morgan fingerprint density at radius 3 is 1.00 bits per heavy atom. The fourth-order valence-electron chi connectivity index (χ4n) is 3.10. The summed E-state index contributed by atoms with van der Waals surface area (Å²) in [4.78, 5) is 0. The van der Waals surface area contributed by atoms with Gasteiger partial charge in [0.2, 0.25) is 16.6 Å². The van der Waals surface area contributed by atoms with Gasteiger partial charge < -0.3 is 8.85 Å². The van der Waals surface area contributed by atoms with Gasteiger partial charge in [0.1, 0.15) is 11.5 Å². The highest BCUT2D eigenvalue weighted by atomic mass is 28.4. The van der Waals surface area contributed by atoms with Gasteiger partial charge in [-0.15, -0.1) is 0 Å². The summed E-state index contributed by atoms with van der Waals surface area (Å²) in [7, 11) is -3.40. The minimum atomic E-state index is -1.70. The molecule has 2 nitrogen and oxygen atoms in total. The lowest BCUT2D eigenvalue weighted by molar-refractivity contribution is 0.491. The van der Waals surface area contributed by atoms with E-state index >= 15 is 0 Å². The fourth-order valence-corrected chi connectivity index (χ4v) is 5.16. The molecule has 0 aromatic heterocycles. The predicted molar refractivity (Wildman–Crippen MR) is 173 cm³/mol. The topological polar surface area (TPSA) is 18.5 Å². The highest BCUT2D eigenvalue weighted by molar-refractivity contribution is 6.75. The lowest BCUT2D eigenvalue weighted by Gasteiger charge is -2.36. The Morgan fingerprint density at radius 1 is 0.568 bits per heavy atom. The summed E-state index contributed by atoms with van der Waals surface area (Å²) in [5.41, 5.74) is 2.81. The van der Waals surface area contributed by atoms with Crippen molar-refractivity contribution in [1.29, 1.82) is 0 Å². The molecule has 0 spiro atoms. The minimum Gasteiger partial charge on any atom is -0.544 e. The van der Waals surface area contributed by atoms with Crippen molar-refractivity contribution in [3.8, 4) is 11.5 Å². The summed E-state index contributed by atoms with van der Waals surface area (Å²) in [5, 5.41) is 0.505. The molecule has 2 aromatic rings. The van der Waals surface area contributed by atoms with Crippen molar-refractivity contribution in [3.05, 3.63) is 59.7 Å². The standard InChI is InChI=1S/2C16H28OSi.CH4/c2*1-8-13(2)14-9-11-15(12-10-14)17-18(6,7)16(3,4)5;/h2*9-13H,8H2,1-7H3;1H4. The molecule has 4 heteroatoms. The summed E-state index contributed by atoms with van der Waals surface area (Å²) in [6, 6.07) is 17.3. The van der Waals surface area contributed by atoms with Gasteiger partial charge in [0.05, 0.1) is 0 Å². The van der Waals surface area contributed by atoms with Crippen LogP contribution in [0.3, 0.4) is 0 Å². The first-order valence-electron chi connectivity index (χ1n) is 13.9. The Balaban J connectivity index is 0.000000682.